The molecule has 41 heavy (non-hydrogen) atoms. The van der Waals surface area contributed by atoms with Crippen molar-refractivity contribution in [2.75, 3.05) is 32.1 Å². The first-order chi connectivity index (χ1) is 19.6. The monoisotopic (exact) mass is 579 g/mol. The Balaban J connectivity index is 1.89. The van der Waals surface area contributed by atoms with E-state index >= 15 is 0 Å². The summed E-state index contributed by atoms with van der Waals surface area (Å²) in [6.45, 7) is 0.851. The van der Waals surface area contributed by atoms with Crippen molar-refractivity contribution in [3.05, 3.63) is 119 Å². The Labute approximate surface area is 238 Å². The number of hydrogen-bond donors (Lipinski definition) is 1. The number of nitrogens with zero attached hydrogens (tertiary/aromatic N) is 2. The van der Waals surface area contributed by atoms with Crippen LogP contribution in [0.1, 0.15) is 21.5 Å². The molecule has 7 nitrogen and oxygen atoms in total. The number of rotatable bonds is 12. The van der Waals surface area contributed by atoms with Crippen molar-refractivity contribution in [3.63, 3.8) is 0 Å². The predicted octanol–water partition coefficient (Wildman–Crippen LogP) is 5.40. The summed E-state index contributed by atoms with van der Waals surface area (Å²) in [6.07, 6.45) is 1.19. The summed E-state index contributed by atoms with van der Waals surface area (Å²) in [5.74, 6) is -3.30. The molecule has 0 unspecified atom stereocenters. The molecule has 0 heterocycles. The van der Waals surface area contributed by atoms with Crippen molar-refractivity contribution in [1.82, 2.24) is 4.31 Å². The summed E-state index contributed by atoms with van der Waals surface area (Å²) in [6, 6.07) is 25.0. The topological polar surface area (TPSA) is 92.9 Å². The van der Waals surface area contributed by atoms with Crippen LogP contribution in [0.2, 0.25) is 0 Å². The van der Waals surface area contributed by atoms with Crippen LogP contribution in [0.3, 0.4) is 0 Å². The van der Waals surface area contributed by atoms with Crippen molar-refractivity contribution in [3.8, 4) is 11.5 Å². The summed E-state index contributed by atoms with van der Waals surface area (Å²) < 4.78 is 61.9. The molecule has 1 amide bonds. The largest absolute Gasteiger partial charge is 0.454 e. The molecule has 0 aliphatic heterocycles. The average molecular weight is 580 g/mol. The number of carbonyl (C=O) groups is 1. The molecular formula is C31H31F2N3O4S. The van der Waals surface area contributed by atoms with Gasteiger partial charge in [0.15, 0.2) is 17.4 Å². The van der Waals surface area contributed by atoms with Crippen molar-refractivity contribution < 1.29 is 26.7 Å². The van der Waals surface area contributed by atoms with Crippen molar-refractivity contribution in [1.29, 1.82) is 0 Å². The van der Waals surface area contributed by atoms with Gasteiger partial charge in [-0.2, -0.15) is 0 Å². The van der Waals surface area contributed by atoms with Gasteiger partial charge >= 0.3 is 0 Å². The van der Waals surface area contributed by atoms with Crippen LogP contribution in [0.15, 0.2) is 95.9 Å². The van der Waals surface area contributed by atoms with Crippen LogP contribution in [-0.4, -0.2) is 45.8 Å². The van der Waals surface area contributed by atoms with E-state index in [4.69, 9.17) is 10.5 Å². The molecule has 0 spiro atoms. The number of halogens is 2. The molecule has 0 fully saturated rings. The standard InChI is InChI=1S/C31H31F2N3O4S/c1-35(2)41(38,39)29-20-24(31(34)37)19-28(30(29)40-25-13-14-26(32)27(33)21-25)36(17-15-22-9-5-3-6-10-22)18-16-23-11-7-4-8-12-23/h3-14,19-21H,15-18H2,1-2H3,(H2,34,37). The van der Waals surface area contributed by atoms with E-state index in [9.17, 15) is 22.0 Å². The first-order valence-corrected chi connectivity index (χ1v) is 14.4. The Kier molecular flexibility index (Phi) is 9.36. The molecule has 0 atom stereocenters. The number of hydrogen-bond acceptors (Lipinski definition) is 5. The first-order valence-electron chi connectivity index (χ1n) is 12.9. The minimum atomic E-state index is -4.19. The number of anilines is 1. The van der Waals surface area contributed by atoms with E-state index in [1.807, 2.05) is 65.6 Å². The highest BCUT2D eigenvalue weighted by molar-refractivity contribution is 7.89. The van der Waals surface area contributed by atoms with Crippen LogP contribution in [0, 0.1) is 11.6 Å². The molecule has 4 aromatic rings. The van der Waals surface area contributed by atoms with Crippen LogP contribution in [-0.2, 0) is 22.9 Å². The molecule has 0 saturated carbocycles. The molecule has 4 rings (SSSR count). The quantitative estimate of drug-likeness (QED) is 0.243. The zero-order valence-corrected chi connectivity index (χ0v) is 23.6. The van der Waals surface area contributed by atoms with E-state index in [0.29, 0.717) is 25.9 Å². The number of amides is 1. The summed E-state index contributed by atoms with van der Waals surface area (Å²) >= 11 is 0. The van der Waals surface area contributed by atoms with Gasteiger partial charge in [0.05, 0.1) is 5.69 Å². The minimum Gasteiger partial charge on any atom is -0.454 e. The first kappa shape index (κ1) is 29.7. The smallest absolute Gasteiger partial charge is 0.248 e. The van der Waals surface area contributed by atoms with Crippen molar-refractivity contribution >= 4 is 21.6 Å². The molecule has 4 aromatic carbocycles. The SMILES string of the molecule is CN(C)S(=O)(=O)c1cc(C(N)=O)cc(N(CCc2ccccc2)CCc2ccccc2)c1Oc1ccc(F)c(F)c1. The van der Waals surface area contributed by atoms with Crippen LogP contribution >= 0.6 is 0 Å². The fourth-order valence-corrected chi connectivity index (χ4v) is 5.33. The average Bonchev–Trinajstić information content (AvgIpc) is 2.96. The van der Waals surface area contributed by atoms with Gasteiger partial charge in [-0.25, -0.2) is 21.5 Å². The molecule has 214 valence electrons. The zero-order chi connectivity index (χ0) is 29.6. The number of primary amides is 1. The number of nitrogens with two attached hydrogens (primary N) is 1. The molecule has 0 radical (unpaired) electrons. The number of ether oxygens (including phenoxy) is 1. The maximum atomic E-state index is 14.1. The lowest BCUT2D eigenvalue weighted by Crippen LogP contribution is -2.30. The second-order valence-corrected chi connectivity index (χ2v) is 11.7. The summed E-state index contributed by atoms with van der Waals surface area (Å²) in [7, 11) is -1.50. The zero-order valence-electron chi connectivity index (χ0n) is 22.8. The Morgan fingerprint density at radius 3 is 1.85 bits per heavy atom. The van der Waals surface area contributed by atoms with Gasteiger partial charge in [0.25, 0.3) is 0 Å². The third kappa shape index (κ3) is 7.27. The Morgan fingerprint density at radius 1 is 0.805 bits per heavy atom. The van der Waals surface area contributed by atoms with Crippen LogP contribution in [0.25, 0.3) is 0 Å². The highest BCUT2D eigenvalue weighted by atomic mass is 32.2. The van der Waals surface area contributed by atoms with Gasteiger partial charge in [0.1, 0.15) is 10.6 Å². The third-order valence-corrected chi connectivity index (χ3v) is 8.38. The summed E-state index contributed by atoms with van der Waals surface area (Å²) in [5.41, 5.74) is 7.98. The number of benzene rings is 4. The normalized spacial score (nSPS) is 11.4. The maximum absolute atomic E-state index is 14.1. The molecule has 0 aliphatic rings. The van der Waals surface area contributed by atoms with Crippen LogP contribution in [0.4, 0.5) is 14.5 Å². The van der Waals surface area contributed by atoms with Gasteiger partial charge < -0.3 is 15.4 Å². The second-order valence-electron chi connectivity index (χ2n) is 9.61. The lowest BCUT2D eigenvalue weighted by molar-refractivity contribution is 0.1000. The lowest BCUT2D eigenvalue weighted by atomic mass is 10.1. The highest BCUT2D eigenvalue weighted by Gasteiger charge is 2.29. The third-order valence-electron chi connectivity index (χ3n) is 6.56. The number of carbonyl (C=O) groups excluding carboxylic acids is 1. The van der Waals surface area contributed by atoms with Crippen molar-refractivity contribution in [2.24, 2.45) is 5.73 Å². The maximum Gasteiger partial charge on any atom is 0.248 e. The highest BCUT2D eigenvalue weighted by Crippen LogP contribution is 2.41. The van der Waals surface area contributed by atoms with Gasteiger partial charge in [-0.1, -0.05) is 60.7 Å². The molecule has 0 bridgehead atoms. The fourth-order valence-electron chi connectivity index (χ4n) is 4.28. The Hall–Kier alpha value is -4.28. The van der Waals surface area contributed by atoms with E-state index < -0.39 is 27.6 Å². The molecule has 2 N–H and O–H groups in total. The van der Waals surface area contributed by atoms with Gasteiger partial charge in [-0.3, -0.25) is 4.79 Å². The Morgan fingerprint density at radius 2 is 1.37 bits per heavy atom. The molecule has 10 heteroatoms. The van der Waals surface area contributed by atoms with E-state index in [-0.39, 0.29) is 27.6 Å². The van der Waals surface area contributed by atoms with Gasteiger partial charge in [0, 0.05) is 38.8 Å². The van der Waals surface area contributed by atoms with E-state index in [2.05, 4.69) is 0 Å². The number of sulfonamides is 1. The van der Waals surface area contributed by atoms with Gasteiger partial charge in [0.2, 0.25) is 15.9 Å². The van der Waals surface area contributed by atoms with Crippen molar-refractivity contribution in [2.45, 2.75) is 17.7 Å². The van der Waals surface area contributed by atoms with E-state index in [0.717, 1.165) is 33.6 Å². The Bertz CT molecular complexity index is 1570. The van der Waals surface area contributed by atoms with E-state index in [1.165, 1.54) is 26.2 Å². The molecule has 0 saturated heterocycles. The van der Waals surface area contributed by atoms with Crippen LogP contribution < -0.4 is 15.4 Å². The van der Waals surface area contributed by atoms with Gasteiger partial charge in [-0.05, 0) is 48.2 Å². The summed E-state index contributed by atoms with van der Waals surface area (Å²) in [5, 5.41) is 0. The second kappa shape index (κ2) is 12.9. The fraction of sp³-hybridized carbons (Fsp3) is 0.194. The van der Waals surface area contributed by atoms with Gasteiger partial charge in [-0.15, -0.1) is 0 Å². The van der Waals surface area contributed by atoms with E-state index in [1.54, 1.807) is 0 Å². The molecule has 0 aromatic heterocycles. The molecule has 0 aliphatic carbocycles. The summed E-state index contributed by atoms with van der Waals surface area (Å²) in [4.78, 5) is 14.0. The van der Waals surface area contributed by atoms with Crippen LogP contribution in [0.5, 0.6) is 11.5 Å². The molecular weight excluding hydrogens is 548 g/mol. The predicted molar refractivity (Wildman–Crippen MR) is 155 cm³/mol. The minimum absolute atomic E-state index is 0.0394. The lowest BCUT2D eigenvalue weighted by Gasteiger charge is -2.29.